The van der Waals surface area contributed by atoms with Crippen LogP contribution in [-0.2, 0) is 4.43 Å². The van der Waals surface area contributed by atoms with Gasteiger partial charge in [0.2, 0.25) is 8.32 Å². The maximum absolute atomic E-state index is 6.26. The maximum atomic E-state index is 6.26. The summed E-state index contributed by atoms with van der Waals surface area (Å²) in [6, 6.07) is 8.78. The molecule has 0 aromatic heterocycles. The summed E-state index contributed by atoms with van der Waals surface area (Å²) in [4.78, 5) is 0. The molecule has 15 heavy (non-hydrogen) atoms. The Morgan fingerprint density at radius 3 is 2.73 bits per heavy atom. The molecule has 0 radical (unpaired) electrons. The lowest BCUT2D eigenvalue weighted by atomic mass is 10.0. The van der Waals surface area contributed by atoms with Crippen LogP contribution >= 0.6 is 0 Å². The van der Waals surface area contributed by atoms with E-state index in [1.165, 1.54) is 30.0 Å². The molecule has 0 fully saturated rings. The third-order valence-corrected chi connectivity index (χ3v) is 5.84. The summed E-state index contributed by atoms with van der Waals surface area (Å²) in [5, 5.41) is 1.51. The highest BCUT2D eigenvalue weighted by molar-refractivity contribution is 6.85. The van der Waals surface area contributed by atoms with Crippen molar-refractivity contribution in [2.24, 2.45) is 0 Å². The zero-order valence-electron chi connectivity index (χ0n) is 9.92. The molecular weight excluding hydrogens is 200 g/mol. The van der Waals surface area contributed by atoms with Gasteiger partial charge < -0.3 is 4.43 Å². The molecule has 1 atom stereocenters. The van der Waals surface area contributed by atoms with E-state index in [4.69, 9.17) is 4.43 Å². The van der Waals surface area contributed by atoms with Gasteiger partial charge in [-0.1, -0.05) is 44.0 Å². The van der Waals surface area contributed by atoms with Gasteiger partial charge >= 0.3 is 0 Å². The zero-order valence-corrected chi connectivity index (χ0v) is 10.9. The molecule has 1 aliphatic rings. The van der Waals surface area contributed by atoms with Gasteiger partial charge in [0.05, 0.1) is 6.10 Å². The van der Waals surface area contributed by atoms with Crippen LogP contribution in [0.15, 0.2) is 24.3 Å². The number of rotatable bonds is 3. The smallest absolute Gasteiger partial charge is 0.219 e. The fourth-order valence-electron chi connectivity index (χ4n) is 2.41. The second-order valence-corrected chi connectivity index (χ2v) is 8.64. The Kier molecular flexibility index (Phi) is 2.98. The lowest BCUT2D eigenvalue weighted by molar-refractivity contribution is 0.201. The fourth-order valence-corrected chi connectivity index (χ4v) is 4.93. The molecule has 1 aliphatic heterocycles. The number of fused-ring (bicyclic) bond motifs is 1. The monoisotopic (exact) mass is 220 g/mol. The van der Waals surface area contributed by atoms with Crippen LogP contribution in [-0.4, -0.2) is 8.32 Å². The van der Waals surface area contributed by atoms with Gasteiger partial charge in [0.15, 0.2) is 0 Å². The quantitative estimate of drug-likeness (QED) is 0.710. The van der Waals surface area contributed by atoms with Crippen LogP contribution in [0.3, 0.4) is 0 Å². The van der Waals surface area contributed by atoms with Crippen LogP contribution in [0, 0.1) is 0 Å². The predicted octanol–water partition coefficient (Wildman–Crippen LogP) is 3.36. The number of hydrogen-bond acceptors (Lipinski definition) is 1. The van der Waals surface area contributed by atoms with Gasteiger partial charge in [0, 0.05) is 0 Å². The second-order valence-electron chi connectivity index (χ2n) is 4.85. The average Bonchev–Trinajstić information content (AvgIpc) is 2.49. The summed E-state index contributed by atoms with van der Waals surface area (Å²) >= 11 is 0. The number of unbranched alkanes of at least 4 members (excludes halogenated alkanes) is 1. The Bertz CT molecular complexity index is 346. The van der Waals surface area contributed by atoms with Crippen molar-refractivity contribution in [1.82, 2.24) is 0 Å². The SMILES string of the molecule is CCCC[C@H]1O[Si](C)(C)c2ccccc21. The molecule has 1 nitrogen and oxygen atoms in total. The van der Waals surface area contributed by atoms with Gasteiger partial charge in [0.25, 0.3) is 0 Å². The summed E-state index contributed by atoms with van der Waals surface area (Å²) < 4.78 is 6.26. The van der Waals surface area contributed by atoms with Crippen molar-refractivity contribution in [2.45, 2.75) is 45.4 Å². The molecule has 0 amide bonds. The largest absolute Gasteiger partial charge is 0.406 e. The molecule has 2 rings (SSSR count). The average molecular weight is 220 g/mol. The minimum atomic E-state index is -1.57. The third-order valence-electron chi connectivity index (χ3n) is 3.21. The minimum Gasteiger partial charge on any atom is -0.406 e. The van der Waals surface area contributed by atoms with E-state index in [-0.39, 0.29) is 0 Å². The third kappa shape index (κ3) is 2.01. The van der Waals surface area contributed by atoms with E-state index in [9.17, 15) is 0 Å². The van der Waals surface area contributed by atoms with E-state index >= 15 is 0 Å². The Labute approximate surface area is 93.6 Å². The maximum Gasteiger partial charge on any atom is 0.219 e. The van der Waals surface area contributed by atoms with Crippen molar-refractivity contribution < 1.29 is 4.43 Å². The molecule has 0 aliphatic carbocycles. The molecule has 0 N–H and O–H groups in total. The number of hydrogen-bond donors (Lipinski definition) is 0. The molecular formula is C13H20OSi. The van der Waals surface area contributed by atoms with Gasteiger partial charge in [-0.15, -0.1) is 0 Å². The molecule has 0 bridgehead atoms. The van der Waals surface area contributed by atoms with Crippen molar-refractivity contribution in [3.05, 3.63) is 29.8 Å². The minimum absolute atomic E-state index is 0.378. The van der Waals surface area contributed by atoms with Gasteiger partial charge in [-0.25, -0.2) is 0 Å². The Morgan fingerprint density at radius 2 is 2.00 bits per heavy atom. The highest BCUT2D eigenvalue weighted by Crippen LogP contribution is 2.33. The van der Waals surface area contributed by atoms with E-state index in [1.807, 2.05) is 0 Å². The Hall–Kier alpha value is -0.603. The van der Waals surface area contributed by atoms with Gasteiger partial charge in [-0.05, 0) is 30.3 Å². The van der Waals surface area contributed by atoms with Crippen LogP contribution in [0.5, 0.6) is 0 Å². The van der Waals surface area contributed by atoms with Crippen molar-refractivity contribution in [1.29, 1.82) is 0 Å². The van der Waals surface area contributed by atoms with Gasteiger partial charge in [0.1, 0.15) is 0 Å². The zero-order chi connectivity index (χ0) is 10.9. The van der Waals surface area contributed by atoms with E-state index < -0.39 is 8.32 Å². The summed E-state index contributed by atoms with van der Waals surface area (Å²) in [6.07, 6.45) is 4.08. The highest BCUT2D eigenvalue weighted by atomic mass is 28.4. The van der Waals surface area contributed by atoms with Crippen molar-refractivity contribution >= 4 is 13.5 Å². The van der Waals surface area contributed by atoms with Crippen LogP contribution in [0.25, 0.3) is 0 Å². The summed E-state index contributed by atoms with van der Waals surface area (Å²) in [5.74, 6) is 0. The molecule has 1 aromatic rings. The molecule has 0 saturated carbocycles. The van der Waals surface area contributed by atoms with E-state index in [2.05, 4.69) is 44.3 Å². The topological polar surface area (TPSA) is 9.23 Å². The Morgan fingerprint density at radius 1 is 1.27 bits per heavy atom. The molecule has 0 unspecified atom stereocenters. The summed E-state index contributed by atoms with van der Waals surface area (Å²) in [6.45, 7) is 6.85. The van der Waals surface area contributed by atoms with Crippen LogP contribution in [0.4, 0.5) is 0 Å². The second kappa shape index (κ2) is 4.10. The van der Waals surface area contributed by atoms with Crippen molar-refractivity contribution in [3.63, 3.8) is 0 Å². The highest BCUT2D eigenvalue weighted by Gasteiger charge is 2.39. The normalized spacial score (nSPS) is 22.7. The van der Waals surface area contributed by atoms with Crippen LogP contribution < -0.4 is 5.19 Å². The predicted molar refractivity (Wildman–Crippen MR) is 66.9 cm³/mol. The molecule has 0 spiro atoms. The first-order valence-corrected chi connectivity index (χ1v) is 8.83. The first-order valence-electron chi connectivity index (χ1n) is 5.92. The summed E-state index contributed by atoms with van der Waals surface area (Å²) in [7, 11) is -1.57. The lowest BCUT2D eigenvalue weighted by Crippen LogP contribution is -2.39. The first-order chi connectivity index (χ1) is 7.15. The molecule has 1 heterocycles. The summed E-state index contributed by atoms with van der Waals surface area (Å²) in [5.41, 5.74) is 1.46. The van der Waals surface area contributed by atoms with Crippen LogP contribution in [0.1, 0.15) is 37.9 Å². The standard InChI is InChI=1S/C13H20OSi/c1-4-5-9-12-11-8-6-7-10-13(11)15(2,3)14-12/h6-8,10,12H,4-5,9H2,1-3H3/t12-/m1/s1. The van der Waals surface area contributed by atoms with E-state index in [0.29, 0.717) is 6.10 Å². The van der Waals surface area contributed by atoms with Crippen molar-refractivity contribution in [3.8, 4) is 0 Å². The molecule has 82 valence electrons. The molecule has 2 heteroatoms. The van der Waals surface area contributed by atoms with Gasteiger partial charge in [-0.2, -0.15) is 0 Å². The lowest BCUT2D eigenvalue weighted by Gasteiger charge is -2.18. The van der Waals surface area contributed by atoms with E-state index in [0.717, 1.165) is 0 Å². The van der Waals surface area contributed by atoms with E-state index in [1.54, 1.807) is 0 Å². The van der Waals surface area contributed by atoms with Crippen molar-refractivity contribution in [2.75, 3.05) is 0 Å². The molecule has 0 saturated heterocycles. The van der Waals surface area contributed by atoms with Gasteiger partial charge in [-0.3, -0.25) is 0 Å². The fraction of sp³-hybridized carbons (Fsp3) is 0.538. The Balaban J connectivity index is 2.26. The van der Waals surface area contributed by atoms with Crippen LogP contribution in [0.2, 0.25) is 13.1 Å². The molecule has 1 aromatic carbocycles. The first kappa shape index (κ1) is 10.9. The number of benzene rings is 1.